The number of amides is 1. The van der Waals surface area contributed by atoms with Gasteiger partial charge in [-0.25, -0.2) is 4.68 Å². The molecule has 0 saturated heterocycles. The second-order valence-electron chi connectivity index (χ2n) is 12.6. The van der Waals surface area contributed by atoms with Crippen molar-refractivity contribution in [3.05, 3.63) is 134 Å². The highest BCUT2D eigenvalue weighted by atomic mass is 35.5. The molecule has 1 unspecified atom stereocenters. The maximum atomic E-state index is 14.3. The number of hydrogen-bond donors (Lipinski definition) is 2. The number of aromatic nitrogens is 3. The Morgan fingerprint density at radius 1 is 0.880 bits per heavy atom. The summed E-state index contributed by atoms with van der Waals surface area (Å²) in [6.45, 7) is 15.1. The van der Waals surface area contributed by atoms with E-state index in [1.165, 1.54) is 28.5 Å². The van der Waals surface area contributed by atoms with E-state index in [0.717, 1.165) is 33.5 Å². The summed E-state index contributed by atoms with van der Waals surface area (Å²) in [5.74, 6) is 2.12. The predicted molar refractivity (Wildman–Crippen MR) is 203 cm³/mol. The molecule has 2 heterocycles. The molecule has 1 aliphatic heterocycles. The first-order chi connectivity index (χ1) is 24.0. The predicted octanol–water partition coefficient (Wildman–Crippen LogP) is 9.67. The summed E-state index contributed by atoms with van der Waals surface area (Å²) in [6.07, 6.45) is 0. The van der Waals surface area contributed by atoms with Gasteiger partial charge in [0.05, 0.1) is 12.2 Å². The van der Waals surface area contributed by atoms with Crippen LogP contribution in [0.5, 0.6) is 11.5 Å². The minimum atomic E-state index is -0.603. The molecule has 1 aliphatic rings. The Bertz CT molecular complexity index is 2110. The van der Waals surface area contributed by atoms with Gasteiger partial charge in [-0.1, -0.05) is 71.9 Å². The van der Waals surface area contributed by atoms with Crippen LogP contribution in [0.25, 0.3) is 0 Å². The average Bonchev–Trinajstić information content (AvgIpc) is 3.49. The van der Waals surface area contributed by atoms with E-state index in [2.05, 4.69) is 43.5 Å². The number of thioether (sulfide) groups is 1. The van der Waals surface area contributed by atoms with Gasteiger partial charge < -0.3 is 20.1 Å². The van der Waals surface area contributed by atoms with Crippen LogP contribution in [-0.4, -0.2) is 27.3 Å². The van der Waals surface area contributed by atoms with E-state index in [1.54, 1.807) is 4.68 Å². The number of carbonyl (C=O) groups is 1. The van der Waals surface area contributed by atoms with Crippen molar-refractivity contribution in [3.63, 3.8) is 0 Å². The van der Waals surface area contributed by atoms with Crippen LogP contribution >= 0.6 is 23.4 Å². The van der Waals surface area contributed by atoms with Crippen molar-refractivity contribution in [1.82, 2.24) is 14.8 Å². The molecule has 4 aromatic carbocycles. The fraction of sp³-hybridized carbons (Fsp3) is 0.275. The Hall–Kier alpha value is -4.73. The monoisotopic (exact) mass is 707 g/mol. The molecule has 0 bridgehead atoms. The molecule has 50 heavy (non-hydrogen) atoms. The van der Waals surface area contributed by atoms with Crippen LogP contribution in [0, 0.1) is 34.6 Å². The van der Waals surface area contributed by atoms with E-state index in [0.29, 0.717) is 57.9 Å². The van der Waals surface area contributed by atoms with E-state index in [9.17, 15) is 4.79 Å². The lowest BCUT2D eigenvalue weighted by molar-refractivity contribution is -0.113. The minimum absolute atomic E-state index is 0.233. The molecule has 8 nitrogen and oxygen atoms in total. The Labute approximate surface area is 303 Å². The largest absolute Gasteiger partial charge is 0.490 e. The maximum Gasteiger partial charge on any atom is 0.255 e. The Balaban J connectivity index is 1.37. The zero-order valence-electron chi connectivity index (χ0n) is 29.5. The van der Waals surface area contributed by atoms with Gasteiger partial charge in [-0.15, -0.1) is 5.10 Å². The fourth-order valence-corrected chi connectivity index (χ4v) is 7.16. The van der Waals surface area contributed by atoms with Crippen molar-refractivity contribution in [1.29, 1.82) is 0 Å². The number of hydrogen-bond acceptors (Lipinski definition) is 7. The number of fused-ring (bicyclic) bond motifs is 1. The summed E-state index contributed by atoms with van der Waals surface area (Å²) < 4.78 is 14.3. The molecule has 1 aromatic heterocycles. The van der Waals surface area contributed by atoms with Crippen LogP contribution < -0.4 is 20.1 Å². The molecule has 5 aromatic rings. The molecule has 1 atom stereocenters. The lowest BCUT2D eigenvalue weighted by Crippen LogP contribution is -2.31. The molecule has 0 fully saturated rings. The molecule has 258 valence electrons. The van der Waals surface area contributed by atoms with Crippen molar-refractivity contribution in [2.45, 2.75) is 72.0 Å². The summed E-state index contributed by atoms with van der Waals surface area (Å²) in [4.78, 5) is 19.1. The van der Waals surface area contributed by atoms with Gasteiger partial charge in [-0.2, -0.15) is 4.98 Å². The van der Waals surface area contributed by atoms with Crippen LogP contribution in [0.3, 0.4) is 0 Å². The molecule has 0 saturated carbocycles. The molecular weight excluding hydrogens is 666 g/mol. The third-order valence-corrected chi connectivity index (χ3v) is 10.4. The van der Waals surface area contributed by atoms with Crippen molar-refractivity contribution in [2.24, 2.45) is 0 Å². The van der Waals surface area contributed by atoms with E-state index in [4.69, 9.17) is 31.2 Å². The summed E-state index contributed by atoms with van der Waals surface area (Å²) in [6, 6.07) is 23.2. The lowest BCUT2D eigenvalue weighted by Gasteiger charge is -2.29. The molecule has 1 amide bonds. The van der Waals surface area contributed by atoms with Crippen LogP contribution in [0.2, 0.25) is 5.02 Å². The molecule has 2 N–H and O–H groups in total. The highest BCUT2D eigenvalue weighted by Gasteiger charge is 2.35. The van der Waals surface area contributed by atoms with E-state index in [1.807, 2.05) is 88.4 Å². The standard InChI is InChI=1S/C40H42ClN5O3S/c1-8-48-35-20-29(16-17-34(35)49-21-31-19-25(4)24(3)18-26(31)5)37-36(38(47)43-33-15-11-12-23(2)27(33)6)28(7)42-39-44-40(45-46(37)39)50-22-30-13-9-10-14-32(30)41/h9-20,37H,8,21-22H2,1-7H3,(H,43,47)(H,42,44,45). The van der Waals surface area contributed by atoms with Gasteiger partial charge in [0.15, 0.2) is 11.5 Å². The topological polar surface area (TPSA) is 90.3 Å². The summed E-state index contributed by atoms with van der Waals surface area (Å²) in [5, 5.41) is 12.7. The fourth-order valence-electron chi connectivity index (χ4n) is 6.04. The SMILES string of the molecule is CCOc1cc(C2C(C(=O)Nc3cccc(C)c3C)=C(C)Nc3nc(SCc4ccccc4Cl)nn32)ccc1OCc1cc(C)c(C)cc1C. The Kier molecular flexibility index (Phi) is 10.6. The van der Waals surface area contributed by atoms with Gasteiger partial charge >= 0.3 is 0 Å². The number of ether oxygens (including phenoxy) is 2. The van der Waals surface area contributed by atoms with Gasteiger partial charge in [-0.05, 0) is 117 Å². The first-order valence-corrected chi connectivity index (χ1v) is 18.0. The third-order valence-electron chi connectivity index (χ3n) is 9.16. The third kappa shape index (κ3) is 7.39. The average molecular weight is 708 g/mol. The summed E-state index contributed by atoms with van der Waals surface area (Å²) in [7, 11) is 0. The maximum absolute atomic E-state index is 14.3. The molecule has 0 aliphatic carbocycles. The van der Waals surface area contributed by atoms with Crippen molar-refractivity contribution in [2.75, 3.05) is 17.2 Å². The van der Waals surface area contributed by atoms with Gasteiger partial charge in [0.2, 0.25) is 11.1 Å². The van der Waals surface area contributed by atoms with Gasteiger partial charge in [0, 0.05) is 22.2 Å². The first kappa shape index (κ1) is 35.1. The molecule has 10 heteroatoms. The smallest absolute Gasteiger partial charge is 0.255 e. The van der Waals surface area contributed by atoms with E-state index < -0.39 is 6.04 Å². The van der Waals surface area contributed by atoms with Crippen LogP contribution in [0.15, 0.2) is 89.2 Å². The second-order valence-corrected chi connectivity index (χ2v) is 14.0. The molecule has 0 spiro atoms. The zero-order valence-corrected chi connectivity index (χ0v) is 31.1. The van der Waals surface area contributed by atoms with Gasteiger partial charge in [0.1, 0.15) is 12.6 Å². The van der Waals surface area contributed by atoms with E-state index in [-0.39, 0.29) is 5.91 Å². The molecule has 6 rings (SSSR count). The zero-order chi connectivity index (χ0) is 35.5. The number of benzene rings is 4. The highest BCUT2D eigenvalue weighted by molar-refractivity contribution is 7.98. The van der Waals surface area contributed by atoms with Crippen LogP contribution in [0.1, 0.15) is 64.4 Å². The van der Waals surface area contributed by atoms with Crippen molar-refractivity contribution in [3.8, 4) is 11.5 Å². The second kappa shape index (κ2) is 15.0. The van der Waals surface area contributed by atoms with Gasteiger partial charge in [0.25, 0.3) is 5.91 Å². The molecular formula is C40H42ClN5O3S. The highest BCUT2D eigenvalue weighted by Crippen LogP contribution is 2.41. The van der Waals surface area contributed by atoms with Crippen molar-refractivity contribution >= 4 is 40.9 Å². The number of nitrogens with zero attached hydrogens (tertiary/aromatic N) is 3. The number of halogens is 1. The first-order valence-electron chi connectivity index (χ1n) is 16.7. The molecule has 0 radical (unpaired) electrons. The number of carbonyl (C=O) groups excluding carboxylic acids is 1. The Morgan fingerprint density at radius 3 is 2.44 bits per heavy atom. The number of allylic oxidation sites excluding steroid dienone is 1. The van der Waals surface area contributed by atoms with Crippen LogP contribution in [0.4, 0.5) is 11.6 Å². The quantitative estimate of drug-likeness (QED) is 0.132. The lowest BCUT2D eigenvalue weighted by atomic mass is 9.94. The Morgan fingerprint density at radius 2 is 1.66 bits per heavy atom. The summed E-state index contributed by atoms with van der Waals surface area (Å²) in [5.41, 5.74) is 10.7. The number of aryl methyl sites for hydroxylation is 4. The number of rotatable bonds is 11. The summed E-state index contributed by atoms with van der Waals surface area (Å²) >= 11 is 7.93. The minimum Gasteiger partial charge on any atom is -0.490 e. The van der Waals surface area contributed by atoms with E-state index >= 15 is 0 Å². The van der Waals surface area contributed by atoms with Gasteiger partial charge in [-0.3, -0.25) is 4.79 Å². The number of nitrogens with one attached hydrogen (secondary N) is 2. The van der Waals surface area contributed by atoms with Crippen LogP contribution in [-0.2, 0) is 17.2 Å². The normalized spacial score (nSPS) is 13.9. The van der Waals surface area contributed by atoms with Crippen molar-refractivity contribution < 1.29 is 14.3 Å². The number of anilines is 2.